The van der Waals surface area contributed by atoms with Crippen molar-refractivity contribution in [2.24, 2.45) is 0 Å². The molecule has 0 saturated heterocycles. The molecule has 0 saturated carbocycles. The first kappa shape index (κ1) is 11.7. The van der Waals surface area contributed by atoms with Crippen molar-refractivity contribution in [2.75, 3.05) is 31.3 Å². The second-order valence-electron chi connectivity index (χ2n) is 3.14. The molecule has 0 aliphatic carbocycles. The van der Waals surface area contributed by atoms with Gasteiger partial charge in [0.25, 0.3) is 0 Å². The summed E-state index contributed by atoms with van der Waals surface area (Å²) in [7, 11) is 3.09. The maximum absolute atomic E-state index is 11.1. The number of nitrogens with zero attached hydrogens (tertiary/aromatic N) is 1. The summed E-state index contributed by atoms with van der Waals surface area (Å²) < 4.78 is 4.56. The van der Waals surface area contributed by atoms with Gasteiger partial charge in [0.1, 0.15) is 6.54 Å². The van der Waals surface area contributed by atoms with Crippen LogP contribution in [0.25, 0.3) is 0 Å². The van der Waals surface area contributed by atoms with E-state index in [0.29, 0.717) is 16.4 Å². The van der Waals surface area contributed by atoms with Gasteiger partial charge in [-0.05, 0) is 18.2 Å². The van der Waals surface area contributed by atoms with Crippen LogP contribution in [0, 0.1) is 0 Å². The molecule has 1 aromatic rings. The number of esters is 1. The molecule has 0 spiro atoms. The second-order valence-corrected chi connectivity index (χ2v) is 3.57. The number of ether oxygens (including phenoxy) is 1. The Hall–Kier alpha value is -1.42. The van der Waals surface area contributed by atoms with Gasteiger partial charge in [-0.2, -0.15) is 0 Å². The van der Waals surface area contributed by atoms with Crippen molar-refractivity contribution >= 4 is 28.9 Å². The smallest absolute Gasteiger partial charge is 0.325 e. The first-order valence-corrected chi connectivity index (χ1v) is 4.75. The zero-order valence-electron chi connectivity index (χ0n) is 8.66. The number of nitrogens with two attached hydrogens (primary N) is 1. The van der Waals surface area contributed by atoms with Gasteiger partial charge in [0, 0.05) is 12.1 Å². The number of carbonyl (C=O) groups excluding carboxylic acids is 1. The van der Waals surface area contributed by atoms with E-state index in [1.807, 2.05) is 0 Å². The summed E-state index contributed by atoms with van der Waals surface area (Å²) in [6.07, 6.45) is 0. The molecule has 0 fully saturated rings. The molecule has 0 unspecified atom stereocenters. The number of nitrogen functional groups attached to an aromatic ring is 1. The number of hydrogen-bond donors (Lipinski definition) is 1. The van der Waals surface area contributed by atoms with Crippen LogP contribution in [0.5, 0.6) is 0 Å². The Labute approximate surface area is 93.6 Å². The highest BCUT2D eigenvalue weighted by Crippen LogP contribution is 2.25. The molecule has 0 aliphatic heterocycles. The van der Waals surface area contributed by atoms with Gasteiger partial charge >= 0.3 is 5.97 Å². The van der Waals surface area contributed by atoms with Crippen LogP contribution in [0.15, 0.2) is 18.2 Å². The van der Waals surface area contributed by atoms with E-state index in [4.69, 9.17) is 17.3 Å². The van der Waals surface area contributed by atoms with E-state index >= 15 is 0 Å². The predicted octanol–water partition coefficient (Wildman–Crippen LogP) is 1.53. The minimum atomic E-state index is -0.322. The van der Waals surface area contributed by atoms with E-state index < -0.39 is 0 Å². The molecule has 0 radical (unpaired) electrons. The van der Waals surface area contributed by atoms with E-state index in [1.54, 1.807) is 30.1 Å². The lowest BCUT2D eigenvalue weighted by Crippen LogP contribution is -2.27. The first-order valence-electron chi connectivity index (χ1n) is 4.37. The second kappa shape index (κ2) is 4.89. The number of halogens is 1. The van der Waals surface area contributed by atoms with Crippen molar-refractivity contribution in [2.45, 2.75) is 0 Å². The third-order valence-electron chi connectivity index (χ3n) is 2.00. The molecular weight excluding hydrogens is 216 g/mol. The molecule has 0 bridgehead atoms. The highest BCUT2D eigenvalue weighted by atomic mass is 35.5. The van der Waals surface area contributed by atoms with Gasteiger partial charge in [0.05, 0.1) is 18.5 Å². The Kier molecular flexibility index (Phi) is 3.80. The number of likely N-dealkylation sites (N-methyl/N-ethyl adjacent to an activating group) is 1. The third kappa shape index (κ3) is 3.02. The summed E-state index contributed by atoms with van der Waals surface area (Å²) in [4.78, 5) is 12.7. The third-order valence-corrected chi connectivity index (χ3v) is 2.23. The molecule has 0 atom stereocenters. The fourth-order valence-corrected chi connectivity index (χ4v) is 1.36. The van der Waals surface area contributed by atoms with Gasteiger partial charge in [-0.15, -0.1) is 0 Å². The highest BCUT2D eigenvalue weighted by molar-refractivity contribution is 6.31. The van der Waals surface area contributed by atoms with E-state index in [0.717, 1.165) is 0 Å². The molecule has 0 aliphatic rings. The van der Waals surface area contributed by atoms with Crippen LogP contribution in [0.3, 0.4) is 0 Å². The van der Waals surface area contributed by atoms with Crippen LogP contribution in [-0.4, -0.2) is 26.7 Å². The topological polar surface area (TPSA) is 55.6 Å². The minimum absolute atomic E-state index is 0.140. The Morgan fingerprint density at radius 2 is 2.27 bits per heavy atom. The molecule has 15 heavy (non-hydrogen) atoms. The van der Waals surface area contributed by atoms with E-state index in [9.17, 15) is 4.79 Å². The Morgan fingerprint density at radius 1 is 1.60 bits per heavy atom. The van der Waals surface area contributed by atoms with Crippen molar-refractivity contribution in [3.05, 3.63) is 23.2 Å². The number of benzene rings is 1. The monoisotopic (exact) mass is 228 g/mol. The van der Waals surface area contributed by atoms with Gasteiger partial charge in [-0.3, -0.25) is 4.79 Å². The maximum Gasteiger partial charge on any atom is 0.325 e. The molecule has 4 nitrogen and oxygen atoms in total. The zero-order valence-corrected chi connectivity index (χ0v) is 9.41. The summed E-state index contributed by atoms with van der Waals surface area (Å²) in [5.74, 6) is -0.322. The molecular formula is C10H13ClN2O2. The quantitative estimate of drug-likeness (QED) is 0.630. The molecule has 2 N–H and O–H groups in total. The van der Waals surface area contributed by atoms with Crippen molar-refractivity contribution in [3.63, 3.8) is 0 Å². The minimum Gasteiger partial charge on any atom is -0.468 e. The molecule has 5 heteroatoms. The summed E-state index contributed by atoms with van der Waals surface area (Å²) >= 11 is 5.83. The normalized spacial score (nSPS) is 9.80. The predicted molar refractivity (Wildman–Crippen MR) is 61.2 cm³/mol. The van der Waals surface area contributed by atoms with Crippen LogP contribution in [0.4, 0.5) is 11.4 Å². The van der Waals surface area contributed by atoms with E-state index in [2.05, 4.69) is 4.74 Å². The van der Waals surface area contributed by atoms with Crippen LogP contribution < -0.4 is 10.6 Å². The van der Waals surface area contributed by atoms with Gasteiger partial charge in [0.2, 0.25) is 0 Å². The fraction of sp³-hybridized carbons (Fsp3) is 0.300. The Morgan fingerprint density at radius 3 is 2.87 bits per heavy atom. The standard InChI is InChI=1S/C10H13ClN2O2/c1-13(6-10(14)15-2)9-5-7(11)3-4-8(9)12/h3-5H,6,12H2,1-2H3. The lowest BCUT2D eigenvalue weighted by Gasteiger charge is -2.19. The first-order chi connectivity index (χ1) is 7.04. The fourth-order valence-electron chi connectivity index (χ4n) is 1.19. The number of rotatable bonds is 3. The zero-order chi connectivity index (χ0) is 11.4. The van der Waals surface area contributed by atoms with Gasteiger partial charge in [-0.25, -0.2) is 0 Å². The number of carbonyl (C=O) groups is 1. The number of hydrogen-bond acceptors (Lipinski definition) is 4. The van der Waals surface area contributed by atoms with Gasteiger partial charge in [0.15, 0.2) is 0 Å². The van der Waals surface area contributed by atoms with Crippen molar-refractivity contribution in [1.82, 2.24) is 0 Å². The summed E-state index contributed by atoms with van der Waals surface area (Å²) in [6, 6.07) is 5.11. The van der Waals surface area contributed by atoms with Gasteiger partial charge < -0.3 is 15.4 Å². The molecule has 1 rings (SSSR count). The highest BCUT2D eigenvalue weighted by Gasteiger charge is 2.10. The summed E-state index contributed by atoms with van der Waals surface area (Å²) in [5.41, 5.74) is 7.05. The lowest BCUT2D eigenvalue weighted by molar-refractivity contribution is -0.138. The molecule has 0 aromatic heterocycles. The van der Waals surface area contributed by atoms with Crippen LogP contribution >= 0.6 is 11.6 Å². The van der Waals surface area contributed by atoms with Gasteiger partial charge in [-0.1, -0.05) is 11.6 Å². The van der Waals surface area contributed by atoms with Crippen LogP contribution in [0.1, 0.15) is 0 Å². The molecule has 0 heterocycles. The van der Waals surface area contributed by atoms with Crippen LogP contribution in [0.2, 0.25) is 5.02 Å². The number of anilines is 2. The molecule has 82 valence electrons. The van der Waals surface area contributed by atoms with Crippen molar-refractivity contribution < 1.29 is 9.53 Å². The van der Waals surface area contributed by atoms with E-state index in [1.165, 1.54) is 7.11 Å². The molecule has 0 amide bonds. The molecule has 1 aromatic carbocycles. The lowest BCUT2D eigenvalue weighted by atomic mass is 10.2. The maximum atomic E-state index is 11.1. The van der Waals surface area contributed by atoms with E-state index in [-0.39, 0.29) is 12.5 Å². The average Bonchev–Trinajstić information content (AvgIpc) is 2.21. The Balaban J connectivity index is 2.85. The van der Waals surface area contributed by atoms with Crippen LogP contribution in [-0.2, 0) is 9.53 Å². The number of methoxy groups -OCH3 is 1. The largest absolute Gasteiger partial charge is 0.468 e. The SMILES string of the molecule is COC(=O)CN(C)c1cc(Cl)ccc1N. The Bertz CT molecular complexity index is 368. The summed E-state index contributed by atoms with van der Waals surface area (Å²) in [5, 5.41) is 0.580. The van der Waals surface area contributed by atoms with Crippen molar-refractivity contribution in [1.29, 1.82) is 0 Å². The van der Waals surface area contributed by atoms with Crippen molar-refractivity contribution in [3.8, 4) is 0 Å². The summed E-state index contributed by atoms with van der Waals surface area (Å²) in [6.45, 7) is 0.140. The average molecular weight is 229 g/mol.